The predicted octanol–water partition coefficient (Wildman–Crippen LogP) is 4.47. The first kappa shape index (κ1) is 11.6. The summed E-state index contributed by atoms with van der Waals surface area (Å²) in [7, 11) is 0. The highest BCUT2D eigenvalue weighted by Gasteiger charge is 2.25. The number of hydrogen-bond acceptors (Lipinski definition) is 0. The average molecular weight is 206 g/mol. The Morgan fingerprint density at radius 1 is 1.29 bits per heavy atom. The SMILES string of the molecule is CC1CCCC(=CCC(F)(F)F)CC1. The third-order valence-electron chi connectivity index (χ3n) is 2.78. The number of allylic oxidation sites excluding steroid dienone is 2. The van der Waals surface area contributed by atoms with Crippen LogP contribution in [0.3, 0.4) is 0 Å². The number of halogens is 3. The van der Waals surface area contributed by atoms with E-state index < -0.39 is 12.6 Å². The second-order valence-corrected chi connectivity index (χ2v) is 4.22. The topological polar surface area (TPSA) is 0 Å². The summed E-state index contributed by atoms with van der Waals surface area (Å²) in [5.74, 6) is 0.673. The fourth-order valence-corrected chi connectivity index (χ4v) is 1.84. The van der Waals surface area contributed by atoms with Crippen molar-refractivity contribution in [2.24, 2.45) is 5.92 Å². The molecule has 3 heteroatoms. The van der Waals surface area contributed by atoms with Crippen LogP contribution >= 0.6 is 0 Å². The zero-order valence-corrected chi connectivity index (χ0v) is 8.53. The van der Waals surface area contributed by atoms with Crippen molar-refractivity contribution in [1.29, 1.82) is 0 Å². The van der Waals surface area contributed by atoms with E-state index in [4.69, 9.17) is 0 Å². The monoisotopic (exact) mass is 206 g/mol. The van der Waals surface area contributed by atoms with E-state index in [0.717, 1.165) is 37.7 Å². The summed E-state index contributed by atoms with van der Waals surface area (Å²) in [6.45, 7) is 2.17. The predicted molar refractivity (Wildman–Crippen MR) is 51.0 cm³/mol. The highest BCUT2D eigenvalue weighted by Crippen LogP contribution is 2.28. The second-order valence-electron chi connectivity index (χ2n) is 4.22. The fraction of sp³-hybridized carbons (Fsp3) is 0.818. The first-order valence-electron chi connectivity index (χ1n) is 5.22. The maximum atomic E-state index is 11.9. The number of alkyl halides is 3. The van der Waals surface area contributed by atoms with Gasteiger partial charge in [0, 0.05) is 0 Å². The Morgan fingerprint density at radius 3 is 2.64 bits per heavy atom. The summed E-state index contributed by atoms with van der Waals surface area (Å²) in [5.41, 5.74) is 1.01. The van der Waals surface area contributed by atoms with E-state index in [9.17, 15) is 13.2 Å². The molecule has 0 aromatic rings. The van der Waals surface area contributed by atoms with Crippen LogP contribution in [0.25, 0.3) is 0 Å². The van der Waals surface area contributed by atoms with E-state index in [1.807, 2.05) is 0 Å². The third-order valence-corrected chi connectivity index (χ3v) is 2.78. The minimum absolute atomic E-state index is 0.673. The largest absolute Gasteiger partial charge is 0.392 e. The molecule has 0 radical (unpaired) electrons. The van der Waals surface area contributed by atoms with Crippen molar-refractivity contribution in [3.8, 4) is 0 Å². The maximum Gasteiger partial charge on any atom is 0.392 e. The van der Waals surface area contributed by atoms with Gasteiger partial charge < -0.3 is 0 Å². The molecule has 0 aliphatic heterocycles. The lowest BCUT2D eigenvalue weighted by Crippen LogP contribution is -2.05. The molecular formula is C11H17F3. The molecule has 0 nitrogen and oxygen atoms in total. The summed E-state index contributed by atoms with van der Waals surface area (Å²) in [6, 6.07) is 0. The van der Waals surface area contributed by atoms with Crippen LogP contribution in [0.5, 0.6) is 0 Å². The second kappa shape index (κ2) is 4.85. The molecule has 1 fully saturated rings. The van der Waals surface area contributed by atoms with Crippen molar-refractivity contribution in [3.63, 3.8) is 0 Å². The molecule has 0 saturated heterocycles. The van der Waals surface area contributed by atoms with Gasteiger partial charge in [0.05, 0.1) is 6.42 Å². The van der Waals surface area contributed by atoms with E-state index in [1.54, 1.807) is 0 Å². The van der Waals surface area contributed by atoms with Crippen LogP contribution in [0.4, 0.5) is 13.2 Å². The van der Waals surface area contributed by atoms with Crippen molar-refractivity contribution in [1.82, 2.24) is 0 Å². The van der Waals surface area contributed by atoms with Gasteiger partial charge in [0.15, 0.2) is 0 Å². The summed E-state index contributed by atoms with van der Waals surface area (Å²) in [4.78, 5) is 0. The average Bonchev–Trinajstić information content (AvgIpc) is 2.25. The Morgan fingerprint density at radius 2 is 2.00 bits per heavy atom. The first-order chi connectivity index (χ1) is 6.47. The van der Waals surface area contributed by atoms with E-state index >= 15 is 0 Å². The maximum absolute atomic E-state index is 11.9. The molecule has 0 amide bonds. The molecule has 0 N–H and O–H groups in total. The molecule has 14 heavy (non-hydrogen) atoms. The highest BCUT2D eigenvalue weighted by molar-refractivity contribution is 5.04. The number of hydrogen-bond donors (Lipinski definition) is 0. The molecule has 1 saturated carbocycles. The Kier molecular flexibility index (Phi) is 4.02. The van der Waals surface area contributed by atoms with E-state index in [2.05, 4.69) is 6.92 Å². The normalized spacial score (nSPS) is 27.7. The van der Waals surface area contributed by atoms with Gasteiger partial charge >= 0.3 is 6.18 Å². The van der Waals surface area contributed by atoms with Crippen LogP contribution in [0.2, 0.25) is 0 Å². The molecular weight excluding hydrogens is 189 g/mol. The van der Waals surface area contributed by atoms with Gasteiger partial charge in [-0.15, -0.1) is 0 Å². The van der Waals surface area contributed by atoms with Crippen LogP contribution < -0.4 is 0 Å². The Balaban J connectivity index is 2.43. The molecule has 1 unspecified atom stereocenters. The van der Waals surface area contributed by atoms with Crippen molar-refractivity contribution in [3.05, 3.63) is 11.6 Å². The van der Waals surface area contributed by atoms with Gasteiger partial charge in [-0.2, -0.15) is 13.2 Å². The molecule has 0 spiro atoms. The van der Waals surface area contributed by atoms with Gasteiger partial charge in [-0.25, -0.2) is 0 Å². The van der Waals surface area contributed by atoms with Crippen molar-refractivity contribution in [2.75, 3.05) is 0 Å². The van der Waals surface area contributed by atoms with E-state index in [0.29, 0.717) is 5.92 Å². The molecule has 0 heterocycles. The lowest BCUT2D eigenvalue weighted by molar-refractivity contribution is -0.125. The molecule has 82 valence electrons. The summed E-state index contributed by atoms with van der Waals surface area (Å²) in [6.07, 6.45) is 1.56. The van der Waals surface area contributed by atoms with E-state index in [1.165, 1.54) is 6.08 Å². The van der Waals surface area contributed by atoms with Crippen LogP contribution in [-0.2, 0) is 0 Å². The molecule has 0 aromatic carbocycles. The minimum atomic E-state index is -4.04. The van der Waals surface area contributed by atoms with Crippen molar-refractivity contribution >= 4 is 0 Å². The molecule has 1 rings (SSSR count). The molecule has 0 aromatic heterocycles. The number of rotatable bonds is 1. The van der Waals surface area contributed by atoms with Gasteiger partial charge in [-0.1, -0.05) is 25.0 Å². The zero-order chi connectivity index (χ0) is 10.6. The minimum Gasteiger partial charge on any atom is -0.171 e. The molecule has 1 aliphatic carbocycles. The zero-order valence-electron chi connectivity index (χ0n) is 8.53. The summed E-state index contributed by atoms with van der Waals surface area (Å²) >= 11 is 0. The van der Waals surface area contributed by atoms with Crippen LogP contribution in [0, 0.1) is 5.92 Å². The van der Waals surface area contributed by atoms with Gasteiger partial charge in [0.1, 0.15) is 0 Å². The Hall–Kier alpha value is -0.470. The standard InChI is InChI=1S/C11H17F3/c1-9-3-2-4-10(6-5-9)7-8-11(12,13)14/h7,9H,2-6,8H2,1H3. The highest BCUT2D eigenvalue weighted by atomic mass is 19.4. The lowest BCUT2D eigenvalue weighted by Gasteiger charge is -2.06. The fourth-order valence-electron chi connectivity index (χ4n) is 1.84. The van der Waals surface area contributed by atoms with Gasteiger partial charge in [0.25, 0.3) is 0 Å². The molecule has 1 aliphatic rings. The van der Waals surface area contributed by atoms with Crippen LogP contribution in [0.1, 0.15) is 45.4 Å². The smallest absolute Gasteiger partial charge is 0.171 e. The van der Waals surface area contributed by atoms with Crippen molar-refractivity contribution < 1.29 is 13.2 Å². The van der Waals surface area contributed by atoms with Crippen molar-refractivity contribution in [2.45, 2.75) is 51.6 Å². The summed E-state index contributed by atoms with van der Waals surface area (Å²) < 4.78 is 35.8. The third kappa shape index (κ3) is 4.68. The molecule has 1 atom stereocenters. The molecule has 0 bridgehead atoms. The van der Waals surface area contributed by atoms with Gasteiger partial charge in [-0.3, -0.25) is 0 Å². The van der Waals surface area contributed by atoms with Crippen LogP contribution in [0.15, 0.2) is 11.6 Å². The van der Waals surface area contributed by atoms with E-state index in [-0.39, 0.29) is 0 Å². The lowest BCUT2D eigenvalue weighted by atomic mass is 10.0. The quantitative estimate of drug-likeness (QED) is 0.438. The Bertz CT molecular complexity index is 203. The van der Waals surface area contributed by atoms with Gasteiger partial charge in [-0.05, 0) is 31.6 Å². The Labute approximate surface area is 83.2 Å². The first-order valence-corrected chi connectivity index (χ1v) is 5.22. The summed E-state index contributed by atoms with van der Waals surface area (Å²) in [5, 5.41) is 0. The van der Waals surface area contributed by atoms with Crippen LogP contribution in [-0.4, -0.2) is 6.18 Å². The van der Waals surface area contributed by atoms with Gasteiger partial charge in [0.2, 0.25) is 0 Å².